The summed E-state index contributed by atoms with van der Waals surface area (Å²) in [6, 6.07) is 12.0. The van der Waals surface area contributed by atoms with Crippen molar-refractivity contribution < 1.29 is 17.9 Å². The second-order valence-corrected chi connectivity index (χ2v) is 4.05. The molecule has 0 unspecified atom stereocenters. The molecule has 0 saturated heterocycles. The molecular weight excluding hydrogens is 267 g/mol. The van der Waals surface area contributed by atoms with E-state index in [-0.39, 0.29) is 5.69 Å². The fourth-order valence-corrected chi connectivity index (χ4v) is 1.68. The van der Waals surface area contributed by atoms with Crippen molar-refractivity contribution in [2.24, 2.45) is 4.99 Å². The van der Waals surface area contributed by atoms with E-state index < -0.39 is 11.7 Å². The maximum absolute atomic E-state index is 12.6. The Labute approximate surface area is 114 Å². The highest BCUT2D eigenvalue weighted by molar-refractivity contribution is 5.85. The van der Waals surface area contributed by atoms with Crippen molar-refractivity contribution >= 4 is 11.9 Å². The molecule has 0 aliphatic heterocycles. The molecule has 5 heteroatoms. The third-order valence-corrected chi connectivity index (χ3v) is 2.67. The topological polar surface area (TPSA) is 21.6 Å². The SMILES string of the molecule is COc1ccccc1C=Nc1cccc(C(F)(F)F)c1. The van der Waals surface area contributed by atoms with Crippen LogP contribution in [0, 0.1) is 0 Å². The normalized spacial score (nSPS) is 11.8. The summed E-state index contributed by atoms with van der Waals surface area (Å²) < 4.78 is 42.9. The van der Waals surface area contributed by atoms with E-state index in [1.165, 1.54) is 25.5 Å². The van der Waals surface area contributed by atoms with Gasteiger partial charge in [0, 0.05) is 11.8 Å². The second-order valence-electron chi connectivity index (χ2n) is 4.05. The number of nitrogens with zero attached hydrogens (tertiary/aromatic N) is 1. The number of para-hydroxylation sites is 1. The van der Waals surface area contributed by atoms with E-state index in [1.54, 1.807) is 24.3 Å². The van der Waals surface area contributed by atoms with Gasteiger partial charge in [0.1, 0.15) is 5.75 Å². The van der Waals surface area contributed by atoms with Gasteiger partial charge in [-0.05, 0) is 30.3 Å². The summed E-state index contributed by atoms with van der Waals surface area (Å²) in [5.41, 5.74) is 0.227. The van der Waals surface area contributed by atoms with Crippen LogP contribution in [0.1, 0.15) is 11.1 Å². The molecule has 0 saturated carbocycles. The van der Waals surface area contributed by atoms with Crippen molar-refractivity contribution in [1.82, 2.24) is 0 Å². The van der Waals surface area contributed by atoms with Gasteiger partial charge in [-0.2, -0.15) is 13.2 Å². The fourth-order valence-electron chi connectivity index (χ4n) is 1.68. The molecule has 0 aliphatic rings. The molecule has 0 N–H and O–H groups in total. The Morgan fingerprint density at radius 1 is 1.05 bits per heavy atom. The number of hydrogen-bond acceptors (Lipinski definition) is 2. The predicted molar refractivity (Wildman–Crippen MR) is 71.7 cm³/mol. The van der Waals surface area contributed by atoms with E-state index in [1.807, 2.05) is 0 Å². The van der Waals surface area contributed by atoms with Crippen LogP contribution in [0.15, 0.2) is 53.5 Å². The van der Waals surface area contributed by atoms with E-state index in [0.29, 0.717) is 11.3 Å². The highest BCUT2D eigenvalue weighted by Crippen LogP contribution is 2.31. The molecule has 0 aromatic heterocycles. The lowest BCUT2D eigenvalue weighted by atomic mass is 10.2. The number of aliphatic imine (C=N–C) groups is 1. The highest BCUT2D eigenvalue weighted by Gasteiger charge is 2.30. The lowest BCUT2D eigenvalue weighted by molar-refractivity contribution is -0.137. The van der Waals surface area contributed by atoms with Crippen LogP contribution in [-0.2, 0) is 6.18 Å². The van der Waals surface area contributed by atoms with Crippen LogP contribution < -0.4 is 4.74 Å². The first-order chi connectivity index (χ1) is 9.50. The molecule has 0 aliphatic carbocycles. The van der Waals surface area contributed by atoms with Crippen molar-refractivity contribution in [3.05, 3.63) is 59.7 Å². The number of methoxy groups -OCH3 is 1. The van der Waals surface area contributed by atoms with Crippen LogP contribution in [0.3, 0.4) is 0 Å². The second kappa shape index (κ2) is 5.77. The minimum atomic E-state index is -4.37. The largest absolute Gasteiger partial charge is 0.496 e. The molecule has 2 aromatic rings. The van der Waals surface area contributed by atoms with Crippen molar-refractivity contribution in [3.8, 4) is 5.75 Å². The smallest absolute Gasteiger partial charge is 0.416 e. The first kappa shape index (κ1) is 14.1. The van der Waals surface area contributed by atoms with Crippen LogP contribution in [0.2, 0.25) is 0 Å². The Balaban J connectivity index is 2.28. The minimum absolute atomic E-state index is 0.241. The molecule has 104 valence electrons. The summed E-state index contributed by atoms with van der Waals surface area (Å²) in [7, 11) is 1.52. The predicted octanol–water partition coefficient (Wildman–Crippen LogP) is 4.46. The number of hydrogen-bond donors (Lipinski definition) is 0. The molecule has 2 aromatic carbocycles. The molecule has 0 atom stereocenters. The van der Waals surface area contributed by atoms with E-state index in [2.05, 4.69) is 4.99 Å². The number of halogens is 3. The third-order valence-electron chi connectivity index (χ3n) is 2.67. The summed E-state index contributed by atoms with van der Waals surface area (Å²) in [4.78, 5) is 4.05. The number of alkyl halides is 3. The highest BCUT2D eigenvalue weighted by atomic mass is 19.4. The molecule has 0 radical (unpaired) electrons. The van der Waals surface area contributed by atoms with Crippen molar-refractivity contribution in [2.75, 3.05) is 7.11 Å². The summed E-state index contributed by atoms with van der Waals surface area (Å²) in [6.45, 7) is 0. The Hall–Kier alpha value is -2.30. The first-order valence-corrected chi connectivity index (χ1v) is 5.85. The molecular formula is C15H12F3NO. The molecule has 2 nitrogen and oxygen atoms in total. The van der Waals surface area contributed by atoms with Gasteiger partial charge < -0.3 is 4.74 Å². The van der Waals surface area contributed by atoms with Gasteiger partial charge in [0.25, 0.3) is 0 Å². The fraction of sp³-hybridized carbons (Fsp3) is 0.133. The van der Waals surface area contributed by atoms with Crippen molar-refractivity contribution in [3.63, 3.8) is 0 Å². The summed E-state index contributed by atoms with van der Waals surface area (Å²) >= 11 is 0. The molecule has 2 rings (SSSR count). The molecule has 0 spiro atoms. The Bertz CT molecular complexity index is 621. The summed E-state index contributed by atoms with van der Waals surface area (Å²) in [5.74, 6) is 0.614. The van der Waals surface area contributed by atoms with Gasteiger partial charge in [-0.15, -0.1) is 0 Å². The van der Waals surface area contributed by atoms with Gasteiger partial charge in [-0.1, -0.05) is 18.2 Å². The number of rotatable bonds is 3. The maximum Gasteiger partial charge on any atom is 0.416 e. The quantitative estimate of drug-likeness (QED) is 0.760. The van der Waals surface area contributed by atoms with E-state index >= 15 is 0 Å². The van der Waals surface area contributed by atoms with Crippen LogP contribution in [0.25, 0.3) is 0 Å². The van der Waals surface area contributed by atoms with Gasteiger partial charge in [-0.25, -0.2) is 0 Å². The average molecular weight is 279 g/mol. The average Bonchev–Trinajstić information content (AvgIpc) is 2.45. The standard InChI is InChI=1S/C15H12F3NO/c1-20-14-8-3-2-5-11(14)10-19-13-7-4-6-12(9-13)15(16,17)18/h2-10H,1H3. The van der Waals surface area contributed by atoms with Gasteiger partial charge in [0.05, 0.1) is 18.4 Å². The zero-order valence-electron chi connectivity index (χ0n) is 10.7. The Morgan fingerprint density at radius 3 is 2.50 bits per heavy atom. The summed E-state index contributed by atoms with van der Waals surface area (Å²) in [6.07, 6.45) is -2.88. The molecule has 0 heterocycles. The van der Waals surface area contributed by atoms with E-state index in [0.717, 1.165) is 12.1 Å². The van der Waals surface area contributed by atoms with E-state index in [4.69, 9.17) is 4.74 Å². The Morgan fingerprint density at radius 2 is 1.80 bits per heavy atom. The van der Waals surface area contributed by atoms with Gasteiger partial charge in [0.2, 0.25) is 0 Å². The van der Waals surface area contributed by atoms with Crippen LogP contribution >= 0.6 is 0 Å². The van der Waals surface area contributed by atoms with Crippen LogP contribution in [0.4, 0.5) is 18.9 Å². The number of ether oxygens (including phenoxy) is 1. The van der Waals surface area contributed by atoms with Gasteiger partial charge >= 0.3 is 6.18 Å². The zero-order valence-corrected chi connectivity index (χ0v) is 10.7. The maximum atomic E-state index is 12.6. The summed E-state index contributed by atoms with van der Waals surface area (Å²) in [5, 5.41) is 0. The minimum Gasteiger partial charge on any atom is -0.496 e. The zero-order chi connectivity index (χ0) is 14.6. The molecule has 0 amide bonds. The van der Waals surface area contributed by atoms with Crippen molar-refractivity contribution in [2.45, 2.75) is 6.18 Å². The van der Waals surface area contributed by atoms with E-state index in [9.17, 15) is 13.2 Å². The monoisotopic (exact) mass is 279 g/mol. The first-order valence-electron chi connectivity index (χ1n) is 5.85. The van der Waals surface area contributed by atoms with Crippen LogP contribution in [0.5, 0.6) is 5.75 Å². The Kier molecular flexibility index (Phi) is 4.08. The third kappa shape index (κ3) is 3.38. The lowest BCUT2D eigenvalue weighted by Crippen LogP contribution is -2.03. The molecule has 0 bridgehead atoms. The lowest BCUT2D eigenvalue weighted by Gasteiger charge is -2.06. The molecule has 0 fully saturated rings. The van der Waals surface area contributed by atoms with Gasteiger partial charge in [-0.3, -0.25) is 4.99 Å². The van der Waals surface area contributed by atoms with Crippen LogP contribution in [-0.4, -0.2) is 13.3 Å². The van der Waals surface area contributed by atoms with Crippen molar-refractivity contribution in [1.29, 1.82) is 0 Å². The molecule has 20 heavy (non-hydrogen) atoms. The van der Waals surface area contributed by atoms with Gasteiger partial charge in [0.15, 0.2) is 0 Å². The number of benzene rings is 2.